The Labute approximate surface area is 192 Å². The molecule has 166 valence electrons. The monoisotopic (exact) mass is 440 g/mol. The highest BCUT2D eigenvalue weighted by atomic mass is 16.2. The summed E-state index contributed by atoms with van der Waals surface area (Å²) >= 11 is 0. The van der Waals surface area contributed by atoms with Crippen molar-refractivity contribution in [1.29, 1.82) is 0 Å². The van der Waals surface area contributed by atoms with E-state index in [0.29, 0.717) is 37.3 Å². The SMILES string of the molecule is O=C(/C=C/c1ccccc1)N1CC[NH+](CCN2C(=O)c3cccc4cccc(c34)C2=O)CC1. The molecule has 1 saturated heterocycles. The number of imide groups is 1. The van der Waals surface area contributed by atoms with Gasteiger partial charge in [0.2, 0.25) is 5.91 Å². The van der Waals surface area contributed by atoms with Gasteiger partial charge in [-0.1, -0.05) is 54.6 Å². The van der Waals surface area contributed by atoms with Crippen LogP contribution in [0.5, 0.6) is 0 Å². The average Bonchev–Trinajstić information content (AvgIpc) is 2.86. The molecule has 1 fully saturated rings. The van der Waals surface area contributed by atoms with Crippen LogP contribution < -0.4 is 4.90 Å². The van der Waals surface area contributed by atoms with Crippen LogP contribution in [0.1, 0.15) is 26.3 Å². The van der Waals surface area contributed by atoms with Crippen LogP contribution >= 0.6 is 0 Å². The Morgan fingerprint density at radius 3 is 2.12 bits per heavy atom. The van der Waals surface area contributed by atoms with Gasteiger partial charge in [0.15, 0.2) is 0 Å². The van der Waals surface area contributed by atoms with Crippen LogP contribution in [0, 0.1) is 0 Å². The van der Waals surface area contributed by atoms with Crippen molar-refractivity contribution in [3.05, 3.63) is 89.5 Å². The summed E-state index contributed by atoms with van der Waals surface area (Å²) in [5.41, 5.74) is 2.19. The lowest BCUT2D eigenvalue weighted by molar-refractivity contribution is -0.903. The number of rotatable bonds is 5. The lowest BCUT2D eigenvalue weighted by Crippen LogP contribution is -3.15. The van der Waals surface area contributed by atoms with Gasteiger partial charge < -0.3 is 9.80 Å². The molecule has 0 spiro atoms. The first-order valence-electron chi connectivity index (χ1n) is 11.4. The number of amides is 3. The largest absolute Gasteiger partial charge is 0.331 e. The number of hydrogen-bond acceptors (Lipinski definition) is 3. The van der Waals surface area contributed by atoms with Crippen LogP contribution in [0.3, 0.4) is 0 Å². The van der Waals surface area contributed by atoms with Crippen molar-refractivity contribution in [2.45, 2.75) is 0 Å². The molecule has 6 nitrogen and oxygen atoms in total. The van der Waals surface area contributed by atoms with Crippen LogP contribution in [0.15, 0.2) is 72.8 Å². The van der Waals surface area contributed by atoms with E-state index in [0.717, 1.165) is 29.4 Å². The maximum Gasteiger partial charge on any atom is 0.261 e. The van der Waals surface area contributed by atoms with Crippen LogP contribution in [-0.4, -0.2) is 66.8 Å². The zero-order valence-corrected chi connectivity index (χ0v) is 18.4. The van der Waals surface area contributed by atoms with Gasteiger partial charge in [-0.3, -0.25) is 19.3 Å². The summed E-state index contributed by atoms with van der Waals surface area (Å²) < 4.78 is 0. The topological polar surface area (TPSA) is 62.1 Å². The van der Waals surface area contributed by atoms with Gasteiger partial charge in [0.1, 0.15) is 0 Å². The highest BCUT2D eigenvalue weighted by Crippen LogP contribution is 2.29. The van der Waals surface area contributed by atoms with E-state index >= 15 is 0 Å². The third-order valence-corrected chi connectivity index (χ3v) is 6.54. The number of nitrogens with one attached hydrogen (secondary N) is 1. The Balaban J connectivity index is 1.18. The second-order valence-corrected chi connectivity index (χ2v) is 8.54. The number of benzene rings is 3. The van der Waals surface area contributed by atoms with E-state index in [2.05, 4.69) is 0 Å². The molecule has 0 bridgehead atoms. The van der Waals surface area contributed by atoms with Crippen LogP contribution in [0.2, 0.25) is 0 Å². The molecule has 0 saturated carbocycles. The summed E-state index contributed by atoms with van der Waals surface area (Å²) in [5, 5.41) is 1.67. The van der Waals surface area contributed by atoms with Crippen molar-refractivity contribution in [1.82, 2.24) is 9.80 Å². The Kier molecular flexibility index (Phi) is 5.75. The maximum absolute atomic E-state index is 13.1. The molecule has 6 heteroatoms. The number of nitrogens with zero attached hydrogens (tertiary/aromatic N) is 2. The lowest BCUT2D eigenvalue weighted by atomic mass is 9.94. The summed E-state index contributed by atoms with van der Waals surface area (Å²) in [6.07, 6.45) is 3.47. The average molecular weight is 441 g/mol. The van der Waals surface area contributed by atoms with E-state index in [-0.39, 0.29) is 17.7 Å². The van der Waals surface area contributed by atoms with Gasteiger partial charge in [0, 0.05) is 22.6 Å². The molecule has 2 heterocycles. The first-order chi connectivity index (χ1) is 16.1. The fraction of sp³-hybridized carbons (Fsp3) is 0.222. The molecular formula is C27H26N3O3+. The van der Waals surface area contributed by atoms with E-state index in [1.807, 2.05) is 65.6 Å². The molecule has 0 radical (unpaired) electrons. The van der Waals surface area contributed by atoms with Gasteiger partial charge in [-0.15, -0.1) is 0 Å². The van der Waals surface area contributed by atoms with Gasteiger partial charge in [0.05, 0.1) is 39.3 Å². The molecule has 2 aliphatic heterocycles. The normalized spacial score (nSPS) is 16.7. The minimum absolute atomic E-state index is 0.0176. The predicted molar refractivity (Wildman–Crippen MR) is 127 cm³/mol. The van der Waals surface area contributed by atoms with Crippen molar-refractivity contribution >= 4 is 34.6 Å². The van der Waals surface area contributed by atoms with Crippen LogP contribution in [0.4, 0.5) is 0 Å². The van der Waals surface area contributed by atoms with Crippen LogP contribution in [-0.2, 0) is 4.79 Å². The summed E-state index contributed by atoms with van der Waals surface area (Å²) in [6.45, 7) is 3.98. The van der Waals surface area contributed by atoms with E-state index in [9.17, 15) is 14.4 Å². The minimum atomic E-state index is -0.219. The molecule has 1 N–H and O–H groups in total. The molecule has 33 heavy (non-hydrogen) atoms. The van der Waals surface area contributed by atoms with Crippen molar-refractivity contribution in [3.8, 4) is 0 Å². The lowest BCUT2D eigenvalue weighted by Gasteiger charge is -2.33. The quantitative estimate of drug-likeness (QED) is 0.487. The summed E-state index contributed by atoms with van der Waals surface area (Å²) in [5.74, 6) is -0.420. The third-order valence-electron chi connectivity index (χ3n) is 6.54. The van der Waals surface area contributed by atoms with Gasteiger partial charge in [-0.05, 0) is 29.2 Å². The second-order valence-electron chi connectivity index (χ2n) is 8.54. The number of piperazine rings is 1. The number of quaternary nitrogens is 1. The highest BCUT2D eigenvalue weighted by Gasteiger charge is 2.33. The molecule has 0 unspecified atom stereocenters. The molecule has 3 aromatic carbocycles. The van der Waals surface area contributed by atoms with Crippen molar-refractivity contribution in [3.63, 3.8) is 0 Å². The van der Waals surface area contributed by atoms with E-state index < -0.39 is 0 Å². The van der Waals surface area contributed by atoms with E-state index in [1.54, 1.807) is 18.2 Å². The molecular weight excluding hydrogens is 414 g/mol. The molecule has 0 aliphatic carbocycles. The summed E-state index contributed by atoms with van der Waals surface area (Å²) in [4.78, 5) is 43.1. The van der Waals surface area contributed by atoms with Crippen LogP contribution in [0.25, 0.3) is 16.8 Å². The predicted octanol–water partition coefficient (Wildman–Crippen LogP) is 1.88. The smallest absolute Gasteiger partial charge is 0.261 e. The first-order valence-corrected chi connectivity index (χ1v) is 11.4. The second kappa shape index (κ2) is 9.00. The molecule has 3 amide bonds. The van der Waals surface area contributed by atoms with Crippen molar-refractivity contribution < 1.29 is 19.3 Å². The zero-order chi connectivity index (χ0) is 22.8. The Morgan fingerprint density at radius 1 is 0.848 bits per heavy atom. The van der Waals surface area contributed by atoms with Gasteiger partial charge in [0.25, 0.3) is 11.8 Å². The molecule has 5 rings (SSSR count). The Morgan fingerprint density at radius 2 is 1.48 bits per heavy atom. The fourth-order valence-electron chi connectivity index (χ4n) is 4.68. The van der Waals surface area contributed by atoms with Gasteiger partial charge in [-0.2, -0.15) is 0 Å². The van der Waals surface area contributed by atoms with E-state index in [1.165, 1.54) is 9.80 Å². The number of carbonyl (C=O) groups is 3. The molecule has 0 atom stereocenters. The maximum atomic E-state index is 13.1. The number of hydrogen-bond donors (Lipinski definition) is 1. The Bertz CT molecular complexity index is 1190. The molecule has 0 aromatic heterocycles. The highest BCUT2D eigenvalue weighted by molar-refractivity contribution is 6.25. The fourth-order valence-corrected chi connectivity index (χ4v) is 4.68. The van der Waals surface area contributed by atoms with E-state index in [4.69, 9.17) is 0 Å². The van der Waals surface area contributed by atoms with Gasteiger partial charge >= 0.3 is 0 Å². The first kappa shape index (κ1) is 21.1. The zero-order valence-electron chi connectivity index (χ0n) is 18.4. The summed E-state index contributed by atoms with van der Waals surface area (Å²) in [6, 6.07) is 21.0. The van der Waals surface area contributed by atoms with Crippen molar-refractivity contribution in [2.24, 2.45) is 0 Å². The van der Waals surface area contributed by atoms with Gasteiger partial charge in [-0.25, -0.2) is 0 Å². The molecule has 2 aliphatic rings. The standard InChI is InChI=1S/C27H25N3O3/c31-24(13-12-20-6-2-1-3-7-20)29-17-14-28(15-18-29)16-19-30-26(32)22-10-4-8-21-9-5-11-23(25(21)22)27(30)33/h1-13H,14-19H2/p+1/b13-12+. The Hall–Kier alpha value is -3.77. The number of carbonyl (C=O) groups excluding carboxylic acids is 3. The van der Waals surface area contributed by atoms with Crippen molar-refractivity contribution in [2.75, 3.05) is 39.3 Å². The summed E-state index contributed by atoms with van der Waals surface area (Å²) in [7, 11) is 0. The minimum Gasteiger partial charge on any atom is -0.331 e. The molecule has 3 aromatic rings. The third kappa shape index (κ3) is 4.17.